The average Bonchev–Trinajstić information content (AvgIpc) is 2.47. The number of benzene rings is 1. The van der Waals surface area contributed by atoms with Crippen molar-refractivity contribution in [3.8, 4) is 11.5 Å². The summed E-state index contributed by atoms with van der Waals surface area (Å²) < 4.78 is 11.5. The molecule has 5 heteroatoms. The number of methoxy groups -OCH3 is 1. The van der Waals surface area contributed by atoms with Crippen LogP contribution in [0.15, 0.2) is 22.7 Å². The van der Waals surface area contributed by atoms with Crippen LogP contribution in [0.4, 0.5) is 0 Å². The normalized spacial score (nSPS) is 15.2. The highest BCUT2D eigenvalue weighted by atomic mass is 79.9. The van der Waals surface area contributed by atoms with E-state index in [1.54, 1.807) is 13.2 Å². The van der Waals surface area contributed by atoms with Crippen LogP contribution >= 0.6 is 15.9 Å². The second-order valence-electron chi connectivity index (χ2n) is 4.53. The molecule has 19 heavy (non-hydrogen) atoms. The van der Waals surface area contributed by atoms with Gasteiger partial charge in [-0.05, 0) is 47.3 Å². The highest BCUT2D eigenvalue weighted by molar-refractivity contribution is 9.10. The van der Waals surface area contributed by atoms with Gasteiger partial charge in [-0.25, -0.2) is 0 Å². The lowest BCUT2D eigenvalue weighted by atomic mass is 10.1. The molecule has 1 aromatic rings. The number of hydrogen-bond donors (Lipinski definition) is 0. The van der Waals surface area contributed by atoms with Crippen LogP contribution < -0.4 is 9.47 Å². The summed E-state index contributed by atoms with van der Waals surface area (Å²) in [6.07, 6.45) is 3.40. The first-order valence-electron chi connectivity index (χ1n) is 6.45. The molecule has 1 saturated heterocycles. The van der Waals surface area contributed by atoms with Gasteiger partial charge in [-0.2, -0.15) is 0 Å². The van der Waals surface area contributed by atoms with Crippen LogP contribution in [0.2, 0.25) is 0 Å². The van der Waals surface area contributed by atoms with Gasteiger partial charge in [0.05, 0.1) is 11.6 Å². The lowest BCUT2D eigenvalue weighted by molar-refractivity contribution is -0.134. The molecular weight excluding hydrogens is 310 g/mol. The molecule has 2 rings (SSSR count). The van der Waals surface area contributed by atoms with E-state index in [0.29, 0.717) is 11.5 Å². The molecule has 0 atom stereocenters. The molecule has 104 valence electrons. The number of halogens is 1. The van der Waals surface area contributed by atoms with Crippen molar-refractivity contribution in [2.45, 2.75) is 19.3 Å². The Kier molecular flexibility index (Phi) is 5.07. The molecule has 0 bridgehead atoms. The third-order valence-corrected chi connectivity index (χ3v) is 3.85. The summed E-state index contributed by atoms with van der Waals surface area (Å²) in [5, 5.41) is 0. The van der Waals surface area contributed by atoms with Crippen LogP contribution in [0.3, 0.4) is 0 Å². The number of hydrogen-bond acceptors (Lipinski definition) is 3. The molecule has 1 amide bonds. The molecule has 0 unspecified atom stereocenters. The maximum absolute atomic E-state index is 12.0. The molecular formula is C14H18BrNO3. The van der Waals surface area contributed by atoms with Crippen molar-refractivity contribution in [3.63, 3.8) is 0 Å². The smallest absolute Gasteiger partial charge is 0.260 e. The molecule has 1 aliphatic heterocycles. The monoisotopic (exact) mass is 327 g/mol. The number of piperidine rings is 1. The molecule has 1 fully saturated rings. The maximum atomic E-state index is 12.0. The van der Waals surface area contributed by atoms with Crippen molar-refractivity contribution >= 4 is 21.8 Å². The highest BCUT2D eigenvalue weighted by Crippen LogP contribution is 2.29. The number of carbonyl (C=O) groups excluding carboxylic acids is 1. The van der Waals surface area contributed by atoms with Crippen LogP contribution in [0.5, 0.6) is 11.5 Å². The van der Waals surface area contributed by atoms with E-state index in [9.17, 15) is 4.79 Å². The van der Waals surface area contributed by atoms with Crippen LogP contribution in [0.1, 0.15) is 19.3 Å². The van der Waals surface area contributed by atoms with Crippen LogP contribution in [-0.2, 0) is 4.79 Å². The fourth-order valence-electron chi connectivity index (χ4n) is 2.10. The zero-order valence-electron chi connectivity index (χ0n) is 11.0. The summed E-state index contributed by atoms with van der Waals surface area (Å²) in [5.74, 6) is 1.39. The zero-order valence-corrected chi connectivity index (χ0v) is 12.6. The molecule has 0 N–H and O–H groups in total. The SMILES string of the molecule is COc1ccc(Br)c(OCC(=O)N2CCCCC2)c1. The fourth-order valence-corrected chi connectivity index (χ4v) is 2.46. The Hall–Kier alpha value is -1.23. The summed E-state index contributed by atoms with van der Waals surface area (Å²) >= 11 is 3.40. The Morgan fingerprint density at radius 1 is 1.32 bits per heavy atom. The molecule has 1 heterocycles. The quantitative estimate of drug-likeness (QED) is 0.853. The van der Waals surface area contributed by atoms with E-state index in [1.165, 1.54) is 6.42 Å². The minimum Gasteiger partial charge on any atom is -0.497 e. The van der Waals surface area contributed by atoms with Gasteiger partial charge in [0.15, 0.2) is 6.61 Å². The Bertz CT molecular complexity index is 444. The molecule has 0 aliphatic carbocycles. The third-order valence-electron chi connectivity index (χ3n) is 3.20. The first-order valence-corrected chi connectivity index (χ1v) is 7.24. The average molecular weight is 328 g/mol. The zero-order chi connectivity index (χ0) is 13.7. The van der Waals surface area contributed by atoms with E-state index >= 15 is 0 Å². The van der Waals surface area contributed by atoms with E-state index in [4.69, 9.17) is 9.47 Å². The van der Waals surface area contributed by atoms with Gasteiger partial charge in [0.2, 0.25) is 0 Å². The Balaban J connectivity index is 1.92. The van der Waals surface area contributed by atoms with E-state index in [0.717, 1.165) is 30.4 Å². The van der Waals surface area contributed by atoms with Crippen molar-refractivity contribution in [1.29, 1.82) is 0 Å². The van der Waals surface area contributed by atoms with Gasteiger partial charge in [-0.1, -0.05) is 0 Å². The van der Waals surface area contributed by atoms with E-state index < -0.39 is 0 Å². The van der Waals surface area contributed by atoms with Crippen molar-refractivity contribution in [1.82, 2.24) is 4.90 Å². The summed E-state index contributed by atoms with van der Waals surface area (Å²) in [4.78, 5) is 13.9. The van der Waals surface area contributed by atoms with Crippen LogP contribution in [0, 0.1) is 0 Å². The van der Waals surface area contributed by atoms with Gasteiger partial charge in [0, 0.05) is 19.2 Å². The molecule has 1 aliphatic rings. The molecule has 0 aromatic heterocycles. The summed E-state index contributed by atoms with van der Waals surface area (Å²) in [7, 11) is 1.60. The topological polar surface area (TPSA) is 38.8 Å². The molecule has 0 saturated carbocycles. The number of rotatable bonds is 4. The van der Waals surface area contributed by atoms with Gasteiger partial charge in [-0.3, -0.25) is 4.79 Å². The Morgan fingerprint density at radius 2 is 2.05 bits per heavy atom. The lowest BCUT2D eigenvalue weighted by Crippen LogP contribution is -2.38. The van der Waals surface area contributed by atoms with Gasteiger partial charge >= 0.3 is 0 Å². The van der Waals surface area contributed by atoms with Crippen molar-refractivity contribution in [3.05, 3.63) is 22.7 Å². The number of amides is 1. The predicted octanol–water partition coefficient (Wildman–Crippen LogP) is 2.85. The third kappa shape index (κ3) is 3.86. The van der Waals surface area contributed by atoms with Crippen molar-refractivity contribution in [2.75, 3.05) is 26.8 Å². The Labute approximate surface area is 121 Å². The minimum absolute atomic E-state index is 0.0504. The standard InChI is InChI=1S/C14H18BrNO3/c1-18-11-5-6-12(15)13(9-11)19-10-14(17)16-7-3-2-4-8-16/h5-6,9H,2-4,7-8,10H2,1H3. The van der Waals surface area contributed by atoms with E-state index in [2.05, 4.69) is 15.9 Å². The number of carbonyl (C=O) groups is 1. The highest BCUT2D eigenvalue weighted by Gasteiger charge is 2.17. The lowest BCUT2D eigenvalue weighted by Gasteiger charge is -2.26. The largest absolute Gasteiger partial charge is 0.497 e. The molecule has 1 aromatic carbocycles. The first-order chi connectivity index (χ1) is 9.20. The second-order valence-corrected chi connectivity index (χ2v) is 5.38. The summed E-state index contributed by atoms with van der Waals surface area (Å²) in [6.45, 7) is 1.77. The summed E-state index contributed by atoms with van der Waals surface area (Å²) in [5.41, 5.74) is 0. The first kappa shape index (κ1) is 14.2. The number of ether oxygens (including phenoxy) is 2. The molecule has 4 nitrogen and oxygen atoms in total. The van der Waals surface area contributed by atoms with Gasteiger partial charge in [0.25, 0.3) is 5.91 Å². The van der Waals surface area contributed by atoms with Crippen molar-refractivity contribution in [2.24, 2.45) is 0 Å². The number of likely N-dealkylation sites (tertiary alicyclic amines) is 1. The van der Waals surface area contributed by atoms with Crippen molar-refractivity contribution < 1.29 is 14.3 Å². The predicted molar refractivity (Wildman–Crippen MR) is 76.6 cm³/mol. The number of nitrogens with zero attached hydrogens (tertiary/aromatic N) is 1. The minimum atomic E-state index is 0.0504. The summed E-state index contributed by atoms with van der Waals surface area (Å²) in [6, 6.07) is 5.45. The van der Waals surface area contributed by atoms with Gasteiger partial charge in [-0.15, -0.1) is 0 Å². The molecule has 0 radical (unpaired) electrons. The van der Waals surface area contributed by atoms with Crippen LogP contribution in [-0.4, -0.2) is 37.6 Å². The fraction of sp³-hybridized carbons (Fsp3) is 0.500. The van der Waals surface area contributed by atoms with E-state index in [-0.39, 0.29) is 12.5 Å². The van der Waals surface area contributed by atoms with Gasteiger partial charge in [0.1, 0.15) is 11.5 Å². The maximum Gasteiger partial charge on any atom is 0.260 e. The van der Waals surface area contributed by atoms with E-state index in [1.807, 2.05) is 17.0 Å². The van der Waals surface area contributed by atoms with Crippen LogP contribution in [0.25, 0.3) is 0 Å². The molecule has 0 spiro atoms. The van der Waals surface area contributed by atoms with Gasteiger partial charge < -0.3 is 14.4 Å². The Morgan fingerprint density at radius 3 is 2.74 bits per heavy atom. The second kappa shape index (κ2) is 6.80.